The van der Waals surface area contributed by atoms with Crippen molar-refractivity contribution in [3.63, 3.8) is 0 Å². The highest BCUT2D eigenvalue weighted by atomic mass is 31.2. The molecule has 0 saturated carbocycles. The topological polar surface area (TPSA) is 164 Å². The van der Waals surface area contributed by atoms with Gasteiger partial charge in [-0.2, -0.15) is 0 Å². The molecular weight excluding hydrogens is 453 g/mol. The van der Waals surface area contributed by atoms with Gasteiger partial charge in [0.15, 0.2) is 17.7 Å². The van der Waals surface area contributed by atoms with Gasteiger partial charge >= 0.3 is 7.82 Å². The summed E-state index contributed by atoms with van der Waals surface area (Å²) < 4.78 is 36.8. The fourth-order valence-electron chi connectivity index (χ4n) is 3.49. The standard InChI is InChI=1S/C20H34N5O7P/c1-3-5-7-9-29-33(28,30-10-8-6-4-2)31-11-14-16(26)17(27)20(32-14)25-13-24-15-18(21)22-12-23-19(15)25/h12-14,16-17,20,26-27H,3-11H2,1-2H3,(H2,21,22,23)/t14-,16-,17+,20-/m1/s1. The summed E-state index contributed by atoms with van der Waals surface area (Å²) in [5.41, 5.74) is 6.52. The first-order valence-corrected chi connectivity index (χ1v) is 12.8. The lowest BCUT2D eigenvalue weighted by atomic mass is 10.1. The van der Waals surface area contributed by atoms with Gasteiger partial charge in [-0.05, 0) is 12.8 Å². The molecule has 186 valence electrons. The van der Waals surface area contributed by atoms with Crippen LogP contribution in [0.4, 0.5) is 5.82 Å². The van der Waals surface area contributed by atoms with Gasteiger partial charge in [-0.1, -0.05) is 39.5 Å². The van der Waals surface area contributed by atoms with Crippen LogP contribution in [0.5, 0.6) is 0 Å². The third kappa shape index (κ3) is 6.48. The molecule has 2 aromatic heterocycles. The van der Waals surface area contributed by atoms with Gasteiger partial charge in [-0.3, -0.25) is 18.1 Å². The Labute approximate surface area is 193 Å². The number of imidazole rings is 1. The molecule has 3 heterocycles. The molecule has 1 aliphatic rings. The number of nitrogens with zero attached hydrogens (tertiary/aromatic N) is 4. The highest BCUT2D eigenvalue weighted by Crippen LogP contribution is 2.50. The van der Waals surface area contributed by atoms with Crippen molar-refractivity contribution in [2.45, 2.75) is 76.9 Å². The molecule has 0 bridgehead atoms. The van der Waals surface area contributed by atoms with Crippen LogP contribution in [-0.4, -0.2) is 67.9 Å². The first-order valence-electron chi connectivity index (χ1n) is 11.4. The van der Waals surface area contributed by atoms with E-state index in [0.717, 1.165) is 38.5 Å². The average Bonchev–Trinajstić information content (AvgIpc) is 3.35. The fourth-order valence-corrected chi connectivity index (χ4v) is 4.74. The molecular formula is C20H34N5O7P. The molecule has 0 aromatic carbocycles. The van der Waals surface area contributed by atoms with Gasteiger partial charge in [0, 0.05) is 0 Å². The molecule has 1 fully saturated rings. The lowest BCUT2D eigenvalue weighted by Gasteiger charge is -2.21. The molecule has 13 heteroatoms. The van der Waals surface area contributed by atoms with E-state index in [1.165, 1.54) is 17.2 Å². The molecule has 0 amide bonds. The maximum atomic E-state index is 13.1. The number of aromatic nitrogens is 4. The number of fused-ring (bicyclic) bond motifs is 1. The minimum absolute atomic E-state index is 0.188. The normalized spacial score (nSPS) is 23.5. The zero-order chi connectivity index (χ0) is 23.8. The first-order chi connectivity index (χ1) is 15.9. The van der Waals surface area contributed by atoms with Gasteiger partial charge in [0.25, 0.3) is 0 Å². The number of nitrogens with two attached hydrogens (primary N) is 1. The minimum Gasteiger partial charge on any atom is -0.387 e. The van der Waals surface area contributed by atoms with Crippen LogP contribution in [0.25, 0.3) is 11.2 Å². The van der Waals surface area contributed by atoms with Crippen LogP contribution in [0.15, 0.2) is 12.7 Å². The smallest absolute Gasteiger partial charge is 0.387 e. The van der Waals surface area contributed by atoms with Crippen molar-refractivity contribution in [1.29, 1.82) is 0 Å². The van der Waals surface area contributed by atoms with Crippen LogP contribution in [0.1, 0.15) is 58.6 Å². The molecule has 1 aliphatic heterocycles. The van der Waals surface area contributed by atoms with E-state index in [2.05, 4.69) is 28.8 Å². The van der Waals surface area contributed by atoms with E-state index < -0.39 is 32.4 Å². The number of phosphoric acid groups is 1. The molecule has 2 aromatic rings. The number of hydrogen-bond acceptors (Lipinski definition) is 11. The molecule has 3 rings (SSSR count). The summed E-state index contributed by atoms with van der Waals surface area (Å²) in [7, 11) is -3.85. The molecule has 0 radical (unpaired) electrons. The van der Waals surface area contributed by atoms with Crippen LogP contribution in [0.2, 0.25) is 0 Å². The quantitative estimate of drug-likeness (QED) is 0.265. The van der Waals surface area contributed by atoms with Crippen LogP contribution in [0.3, 0.4) is 0 Å². The van der Waals surface area contributed by atoms with Gasteiger partial charge in [0.2, 0.25) is 0 Å². The zero-order valence-electron chi connectivity index (χ0n) is 19.1. The highest BCUT2D eigenvalue weighted by molar-refractivity contribution is 7.48. The summed E-state index contributed by atoms with van der Waals surface area (Å²) in [5, 5.41) is 21.1. The second-order valence-electron chi connectivity index (χ2n) is 7.95. The fraction of sp³-hybridized carbons (Fsp3) is 0.750. The zero-order valence-corrected chi connectivity index (χ0v) is 20.0. The van der Waals surface area contributed by atoms with E-state index in [9.17, 15) is 14.8 Å². The minimum atomic E-state index is -3.85. The Morgan fingerprint density at radius 1 is 1.03 bits per heavy atom. The highest BCUT2D eigenvalue weighted by Gasteiger charge is 2.45. The van der Waals surface area contributed by atoms with Gasteiger partial charge in [0.1, 0.15) is 30.2 Å². The van der Waals surface area contributed by atoms with Gasteiger partial charge in [-0.15, -0.1) is 0 Å². The molecule has 4 atom stereocenters. The summed E-state index contributed by atoms with van der Waals surface area (Å²) >= 11 is 0. The molecule has 12 nitrogen and oxygen atoms in total. The maximum Gasteiger partial charge on any atom is 0.474 e. The number of unbranched alkanes of at least 4 members (excludes halogenated alkanes) is 4. The van der Waals surface area contributed by atoms with Gasteiger partial charge in [0.05, 0.1) is 26.1 Å². The molecule has 0 aliphatic carbocycles. The number of rotatable bonds is 14. The lowest BCUT2D eigenvalue weighted by molar-refractivity contribution is -0.0527. The number of aliphatic hydroxyl groups is 2. The number of ether oxygens (including phenoxy) is 1. The molecule has 0 unspecified atom stereocenters. The van der Waals surface area contributed by atoms with Crippen molar-refractivity contribution in [3.8, 4) is 0 Å². The van der Waals surface area contributed by atoms with Crippen molar-refractivity contribution in [2.24, 2.45) is 0 Å². The number of aliphatic hydroxyl groups excluding tert-OH is 2. The predicted octanol–water partition coefficient (Wildman–Crippen LogP) is 2.57. The first kappa shape index (κ1) is 26.0. The largest absolute Gasteiger partial charge is 0.474 e. The lowest BCUT2D eigenvalue weighted by Crippen LogP contribution is -2.33. The monoisotopic (exact) mass is 487 g/mol. The van der Waals surface area contributed by atoms with E-state index in [1.54, 1.807) is 0 Å². The average molecular weight is 487 g/mol. The van der Waals surface area contributed by atoms with Crippen molar-refractivity contribution >= 4 is 24.8 Å². The van der Waals surface area contributed by atoms with Crippen molar-refractivity contribution in [2.75, 3.05) is 25.6 Å². The van der Waals surface area contributed by atoms with E-state index >= 15 is 0 Å². The Bertz CT molecular complexity index is 913. The van der Waals surface area contributed by atoms with E-state index in [0.29, 0.717) is 11.2 Å². The molecule has 33 heavy (non-hydrogen) atoms. The maximum absolute atomic E-state index is 13.1. The van der Waals surface area contributed by atoms with Crippen LogP contribution < -0.4 is 5.73 Å². The van der Waals surface area contributed by atoms with Crippen LogP contribution in [-0.2, 0) is 22.9 Å². The predicted molar refractivity (Wildman–Crippen MR) is 120 cm³/mol. The second-order valence-corrected chi connectivity index (χ2v) is 9.62. The third-order valence-electron chi connectivity index (χ3n) is 5.39. The van der Waals surface area contributed by atoms with E-state index in [4.69, 9.17) is 24.0 Å². The number of hydrogen-bond donors (Lipinski definition) is 3. The Balaban J connectivity index is 1.64. The van der Waals surface area contributed by atoms with Gasteiger partial charge in [-0.25, -0.2) is 19.5 Å². The van der Waals surface area contributed by atoms with E-state index in [1.807, 2.05) is 0 Å². The summed E-state index contributed by atoms with van der Waals surface area (Å²) in [5.74, 6) is 0.188. The summed E-state index contributed by atoms with van der Waals surface area (Å²) in [4.78, 5) is 12.2. The van der Waals surface area contributed by atoms with Crippen LogP contribution >= 0.6 is 7.82 Å². The van der Waals surface area contributed by atoms with Gasteiger partial charge < -0.3 is 20.7 Å². The summed E-state index contributed by atoms with van der Waals surface area (Å²) in [6.07, 6.45) is 3.39. The summed E-state index contributed by atoms with van der Waals surface area (Å²) in [6, 6.07) is 0. The molecule has 1 saturated heterocycles. The Hall–Kier alpha value is -1.66. The SMILES string of the molecule is CCCCCOP(=O)(OCCCCC)OC[C@H]1O[C@@H](n2cnc3c(N)ncnc32)[C@@H](O)[C@@H]1O. The Kier molecular flexibility index (Phi) is 9.57. The van der Waals surface area contributed by atoms with Crippen molar-refractivity contribution < 1.29 is 33.1 Å². The number of phosphoric ester groups is 1. The second kappa shape index (κ2) is 12.2. The molecule has 4 N–H and O–H groups in total. The number of anilines is 1. The van der Waals surface area contributed by atoms with Crippen molar-refractivity contribution in [3.05, 3.63) is 12.7 Å². The Morgan fingerprint density at radius 3 is 2.33 bits per heavy atom. The molecule has 0 spiro atoms. The number of nitrogen functional groups attached to an aromatic ring is 1. The van der Waals surface area contributed by atoms with E-state index in [-0.39, 0.29) is 25.6 Å². The van der Waals surface area contributed by atoms with Crippen molar-refractivity contribution in [1.82, 2.24) is 19.5 Å². The summed E-state index contributed by atoms with van der Waals surface area (Å²) in [6.45, 7) is 4.29. The third-order valence-corrected chi connectivity index (χ3v) is 6.85. The van der Waals surface area contributed by atoms with Crippen LogP contribution in [0, 0.1) is 0 Å². The Morgan fingerprint density at radius 2 is 1.70 bits per heavy atom.